The topological polar surface area (TPSA) is 94.2 Å². The molecule has 1 heterocycles. The summed E-state index contributed by atoms with van der Waals surface area (Å²) in [7, 11) is 0. The van der Waals surface area contributed by atoms with Gasteiger partial charge in [0, 0.05) is 0 Å². The fourth-order valence-corrected chi connectivity index (χ4v) is 4.55. The Balaban J connectivity index is 1.99. The normalized spacial score (nSPS) is 14.7. The van der Waals surface area contributed by atoms with Crippen molar-refractivity contribution in [3.63, 3.8) is 0 Å². The molecular formula is C23H19Cl2IN2O6S. The number of hydrogen-bond acceptors (Lipinski definition) is 7. The van der Waals surface area contributed by atoms with Crippen LogP contribution in [0.3, 0.4) is 0 Å². The summed E-state index contributed by atoms with van der Waals surface area (Å²) in [5.74, 6) is -1.17. The summed E-state index contributed by atoms with van der Waals surface area (Å²) in [6.07, 6.45) is 1.41. The van der Waals surface area contributed by atoms with Gasteiger partial charge in [-0.3, -0.25) is 19.8 Å². The maximum atomic E-state index is 13.3. The van der Waals surface area contributed by atoms with E-state index in [-0.39, 0.29) is 39.6 Å². The summed E-state index contributed by atoms with van der Waals surface area (Å²) < 4.78 is 16.8. The molecule has 0 atom stereocenters. The van der Waals surface area contributed by atoms with Crippen molar-refractivity contribution in [2.24, 2.45) is 0 Å². The highest BCUT2D eigenvalue weighted by atomic mass is 127. The number of carbonyl (C=O) groups excluding carboxylic acids is 3. The van der Waals surface area contributed by atoms with Crippen LogP contribution in [0.2, 0.25) is 10.0 Å². The highest BCUT2D eigenvalue weighted by molar-refractivity contribution is 14.1. The lowest BCUT2D eigenvalue weighted by Gasteiger charge is -2.29. The van der Waals surface area contributed by atoms with E-state index in [2.05, 4.69) is 5.32 Å². The highest BCUT2D eigenvalue weighted by Gasteiger charge is 2.35. The molecule has 0 aromatic heterocycles. The lowest BCUT2D eigenvalue weighted by atomic mass is 10.1. The van der Waals surface area contributed by atoms with Crippen molar-refractivity contribution in [2.75, 3.05) is 24.7 Å². The number of esters is 1. The average Bonchev–Trinajstić information content (AvgIpc) is 2.79. The Labute approximate surface area is 230 Å². The molecule has 1 fully saturated rings. The van der Waals surface area contributed by atoms with Gasteiger partial charge in [0.1, 0.15) is 5.57 Å². The Hall–Kier alpha value is -2.41. The molecule has 2 amide bonds. The summed E-state index contributed by atoms with van der Waals surface area (Å²) in [6.45, 7) is 3.75. The Morgan fingerprint density at radius 2 is 1.91 bits per heavy atom. The second-order valence-electron chi connectivity index (χ2n) is 6.89. The van der Waals surface area contributed by atoms with E-state index < -0.39 is 17.8 Å². The van der Waals surface area contributed by atoms with Gasteiger partial charge in [0.15, 0.2) is 23.2 Å². The van der Waals surface area contributed by atoms with Gasteiger partial charge in [0.05, 0.1) is 32.5 Å². The maximum Gasteiger partial charge on any atom is 0.344 e. The van der Waals surface area contributed by atoms with Crippen molar-refractivity contribution < 1.29 is 28.6 Å². The Bertz CT molecular complexity index is 1240. The second-order valence-corrected chi connectivity index (χ2v) is 9.22. The monoisotopic (exact) mass is 648 g/mol. The minimum atomic E-state index is -0.668. The summed E-state index contributed by atoms with van der Waals surface area (Å²) in [5.41, 5.74) is 0.560. The van der Waals surface area contributed by atoms with E-state index in [0.717, 1.165) is 4.90 Å². The molecule has 0 spiro atoms. The Morgan fingerprint density at radius 1 is 1.17 bits per heavy atom. The van der Waals surface area contributed by atoms with E-state index in [1.54, 1.807) is 44.2 Å². The third-order valence-electron chi connectivity index (χ3n) is 4.56. The van der Waals surface area contributed by atoms with E-state index in [1.165, 1.54) is 6.08 Å². The molecule has 1 N–H and O–H groups in total. The van der Waals surface area contributed by atoms with Crippen LogP contribution < -0.4 is 19.7 Å². The zero-order chi connectivity index (χ0) is 25.7. The van der Waals surface area contributed by atoms with Gasteiger partial charge >= 0.3 is 5.97 Å². The molecule has 2 aromatic carbocycles. The SMILES string of the molecule is CCOC(=O)COc1c(I)cc(/C=C2\C(=O)NC(=S)N(c3cccc(Cl)c3Cl)C2=O)cc1OCC. The van der Waals surface area contributed by atoms with E-state index in [0.29, 0.717) is 27.2 Å². The number of carbonyl (C=O) groups is 3. The highest BCUT2D eigenvalue weighted by Crippen LogP contribution is 2.37. The molecule has 184 valence electrons. The Kier molecular flexibility index (Phi) is 9.34. The number of amides is 2. The number of nitrogens with one attached hydrogen (secondary N) is 1. The van der Waals surface area contributed by atoms with Crippen LogP contribution >= 0.6 is 58.0 Å². The smallest absolute Gasteiger partial charge is 0.344 e. The van der Waals surface area contributed by atoms with Crippen molar-refractivity contribution in [3.05, 3.63) is 55.1 Å². The van der Waals surface area contributed by atoms with Crippen LogP contribution in [0, 0.1) is 3.57 Å². The molecule has 0 unspecified atom stereocenters. The fourth-order valence-electron chi connectivity index (χ4n) is 3.12. The van der Waals surface area contributed by atoms with Gasteiger partial charge in [0.25, 0.3) is 11.8 Å². The largest absolute Gasteiger partial charge is 0.490 e. The van der Waals surface area contributed by atoms with Gasteiger partial charge in [-0.05, 0) is 84.6 Å². The number of rotatable bonds is 8. The van der Waals surface area contributed by atoms with Crippen molar-refractivity contribution >= 4 is 92.7 Å². The predicted molar refractivity (Wildman–Crippen MR) is 145 cm³/mol. The van der Waals surface area contributed by atoms with E-state index in [9.17, 15) is 14.4 Å². The molecular weight excluding hydrogens is 630 g/mol. The summed E-state index contributed by atoms with van der Waals surface area (Å²) in [4.78, 5) is 38.8. The van der Waals surface area contributed by atoms with Gasteiger partial charge in [-0.25, -0.2) is 4.79 Å². The number of thiocarbonyl (C=S) groups is 1. The molecule has 3 rings (SSSR count). The third-order valence-corrected chi connectivity index (χ3v) is 6.45. The minimum Gasteiger partial charge on any atom is -0.490 e. The number of ether oxygens (including phenoxy) is 3. The maximum absolute atomic E-state index is 13.3. The molecule has 35 heavy (non-hydrogen) atoms. The molecule has 1 aliphatic rings. The van der Waals surface area contributed by atoms with E-state index in [4.69, 9.17) is 49.6 Å². The number of anilines is 1. The zero-order valence-electron chi connectivity index (χ0n) is 18.5. The van der Waals surface area contributed by atoms with Crippen molar-refractivity contribution in [1.82, 2.24) is 5.32 Å². The molecule has 12 heteroatoms. The zero-order valence-corrected chi connectivity index (χ0v) is 23.0. The van der Waals surface area contributed by atoms with Gasteiger partial charge < -0.3 is 14.2 Å². The van der Waals surface area contributed by atoms with E-state index in [1.807, 2.05) is 22.6 Å². The molecule has 2 aromatic rings. The van der Waals surface area contributed by atoms with Crippen molar-refractivity contribution in [1.29, 1.82) is 0 Å². The van der Waals surface area contributed by atoms with Gasteiger partial charge in [-0.15, -0.1) is 0 Å². The molecule has 0 saturated carbocycles. The van der Waals surface area contributed by atoms with Crippen molar-refractivity contribution in [2.45, 2.75) is 13.8 Å². The average molecular weight is 649 g/mol. The summed E-state index contributed by atoms with van der Waals surface area (Å²) in [5, 5.41) is 2.74. The van der Waals surface area contributed by atoms with Gasteiger partial charge in [0.2, 0.25) is 0 Å². The molecule has 0 bridgehead atoms. The lowest BCUT2D eigenvalue weighted by Crippen LogP contribution is -2.54. The van der Waals surface area contributed by atoms with Crippen molar-refractivity contribution in [3.8, 4) is 11.5 Å². The number of nitrogens with zero attached hydrogens (tertiary/aromatic N) is 1. The molecule has 1 aliphatic heterocycles. The lowest BCUT2D eigenvalue weighted by molar-refractivity contribution is -0.145. The van der Waals surface area contributed by atoms with Crippen LogP contribution in [0.15, 0.2) is 35.9 Å². The van der Waals surface area contributed by atoms with Crippen LogP contribution in [0.25, 0.3) is 6.08 Å². The Morgan fingerprint density at radius 3 is 2.60 bits per heavy atom. The first-order chi connectivity index (χ1) is 16.7. The standard InChI is InChI=1S/C23H19Cl2IN2O6S/c1-3-32-17-10-12(9-15(26)20(17)34-11-18(29)33-4-2)8-13-21(30)27-23(35)28(22(13)31)16-7-5-6-14(24)19(16)25/h5-10H,3-4,11H2,1-2H3,(H,27,30,35)/b13-8+. The first-order valence-electron chi connectivity index (χ1n) is 10.3. The molecule has 1 saturated heterocycles. The summed E-state index contributed by atoms with van der Waals surface area (Å²) in [6, 6.07) is 8.04. The van der Waals surface area contributed by atoms with Crippen LogP contribution in [0.4, 0.5) is 5.69 Å². The van der Waals surface area contributed by atoms with Gasteiger partial charge in [-0.1, -0.05) is 29.3 Å². The van der Waals surface area contributed by atoms with Crippen LogP contribution in [-0.2, 0) is 19.1 Å². The van der Waals surface area contributed by atoms with Crippen LogP contribution in [0.5, 0.6) is 11.5 Å². The fraction of sp³-hybridized carbons (Fsp3) is 0.217. The van der Waals surface area contributed by atoms with Crippen LogP contribution in [-0.4, -0.2) is 42.7 Å². The molecule has 0 radical (unpaired) electrons. The van der Waals surface area contributed by atoms with E-state index >= 15 is 0 Å². The predicted octanol–water partition coefficient (Wildman–Crippen LogP) is 4.77. The first-order valence-corrected chi connectivity index (χ1v) is 12.5. The second kappa shape index (κ2) is 12.0. The quantitative estimate of drug-likeness (QED) is 0.145. The number of benzene rings is 2. The minimum absolute atomic E-state index is 0.117. The number of halogens is 3. The first kappa shape index (κ1) is 27.2. The molecule has 8 nitrogen and oxygen atoms in total. The number of hydrogen-bond donors (Lipinski definition) is 1. The van der Waals surface area contributed by atoms with Gasteiger partial charge in [-0.2, -0.15) is 0 Å². The summed E-state index contributed by atoms with van der Waals surface area (Å²) >= 11 is 19.6. The van der Waals surface area contributed by atoms with Crippen LogP contribution in [0.1, 0.15) is 19.4 Å². The third kappa shape index (κ3) is 6.24. The molecule has 0 aliphatic carbocycles.